The van der Waals surface area contributed by atoms with Crippen LogP contribution in [0.15, 0.2) is 42.5 Å². The summed E-state index contributed by atoms with van der Waals surface area (Å²) in [5.41, 5.74) is 3.06. The SMILES string of the molecule is COCc1ccccc1CNc1ccc(F)c(Cl)c1. The number of anilines is 1. The molecule has 0 fully saturated rings. The Hall–Kier alpha value is -1.58. The number of methoxy groups -OCH3 is 1. The van der Waals surface area contributed by atoms with E-state index in [-0.39, 0.29) is 5.02 Å². The van der Waals surface area contributed by atoms with Crippen LogP contribution in [0.4, 0.5) is 10.1 Å². The minimum atomic E-state index is -0.410. The first-order valence-electron chi connectivity index (χ1n) is 5.95. The van der Waals surface area contributed by atoms with Gasteiger partial charge in [0.1, 0.15) is 5.82 Å². The van der Waals surface area contributed by atoms with Crippen LogP contribution in [0.1, 0.15) is 11.1 Å². The van der Waals surface area contributed by atoms with Crippen molar-refractivity contribution in [2.24, 2.45) is 0 Å². The molecule has 0 bridgehead atoms. The van der Waals surface area contributed by atoms with Crippen LogP contribution >= 0.6 is 11.6 Å². The normalized spacial score (nSPS) is 10.5. The highest BCUT2D eigenvalue weighted by Crippen LogP contribution is 2.20. The Bertz CT molecular complexity index is 560. The molecule has 0 aromatic heterocycles. The molecule has 2 aromatic rings. The Morgan fingerprint density at radius 3 is 2.58 bits per heavy atom. The Morgan fingerprint density at radius 2 is 1.89 bits per heavy atom. The van der Waals surface area contributed by atoms with Crippen LogP contribution in [0.2, 0.25) is 5.02 Å². The Labute approximate surface area is 117 Å². The van der Waals surface area contributed by atoms with Gasteiger partial charge in [0, 0.05) is 19.3 Å². The molecule has 0 radical (unpaired) electrons. The number of ether oxygens (including phenoxy) is 1. The lowest BCUT2D eigenvalue weighted by Gasteiger charge is -2.11. The fourth-order valence-corrected chi connectivity index (χ4v) is 2.01. The number of halogens is 2. The first-order valence-corrected chi connectivity index (χ1v) is 6.33. The molecule has 0 amide bonds. The molecule has 0 spiro atoms. The van der Waals surface area contributed by atoms with Crippen molar-refractivity contribution in [1.82, 2.24) is 0 Å². The van der Waals surface area contributed by atoms with E-state index in [9.17, 15) is 4.39 Å². The zero-order valence-corrected chi connectivity index (χ0v) is 11.4. The van der Waals surface area contributed by atoms with Gasteiger partial charge in [-0.1, -0.05) is 35.9 Å². The second kappa shape index (κ2) is 6.55. The zero-order chi connectivity index (χ0) is 13.7. The van der Waals surface area contributed by atoms with Gasteiger partial charge in [-0.25, -0.2) is 4.39 Å². The maximum atomic E-state index is 13.1. The molecule has 2 aromatic carbocycles. The van der Waals surface area contributed by atoms with Gasteiger partial charge in [0.2, 0.25) is 0 Å². The van der Waals surface area contributed by atoms with Gasteiger partial charge in [0.05, 0.1) is 11.6 Å². The molecule has 0 heterocycles. The maximum absolute atomic E-state index is 13.1. The van der Waals surface area contributed by atoms with Crippen molar-refractivity contribution in [3.8, 4) is 0 Å². The van der Waals surface area contributed by atoms with E-state index in [1.807, 2.05) is 24.3 Å². The molecule has 1 N–H and O–H groups in total. The van der Waals surface area contributed by atoms with Gasteiger partial charge in [-0.2, -0.15) is 0 Å². The average molecular weight is 280 g/mol. The lowest BCUT2D eigenvalue weighted by atomic mass is 10.1. The number of benzene rings is 2. The van der Waals surface area contributed by atoms with E-state index in [0.29, 0.717) is 13.2 Å². The second-order valence-electron chi connectivity index (χ2n) is 4.18. The van der Waals surface area contributed by atoms with Gasteiger partial charge in [-0.3, -0.25) is 0 Å². The summed E-state index contributed by atoms with van der Waals surface area (Å²) in [6, 6.07) is 12.6. The molecular weight excluding hydrogens is 265 g/mol. The van der Waals surface area contributed by atoms with Crippen molar-refractivity contribution < 1.29 is 9.13 Å². The van der Waals surface area contributed by atoms with Gasteiger partial charge in [0.25, 0.3) is 0 Å². The van der Waals surface area contributed by atoms with Gasteiger partial charge in [0.15, 0.2) is 0 Å². The van der Waals surface area contributed by atoms with E-state index in [4.69, 9.17) is 16.3 Å². The molecule has 0 saturated carbocycles. The molecule has 0 atom stereocenters. The summed E-state index contributed by atoms with van der Waals surface area (Å²) in [4.78, 5) is 0. The van der Waals surface area contributed by atoms with Crippen molar-refractivity contribution in [1.29, 1.82) is 0 Å². The van der Waals surface area contributed by atoms with Crippen LogP contribution in [0, 0.1) is 5.82 Å². The van der Waals surface area contributed by atoms with Crippen LogP contribution in [0.5, 0.6) is 0 Å². The van der Waals surface area contributed by atoms with E-state index in [1.54, 1.807) is 19.2 Å². The molecule has 100 valence electrons. The summed E-state index contributed by atoms with van der Waals surface area (Å²) in [6.07, 6.45) is 0. The van der Waals surface area contributed by atoms with Gasteiger partial charge in [-0.15, -0.1) is 0 Å². The fraction of sp³-hybridized carbons (Fsp3) is 0.200. The molecule has 0 aliphatic carbocycles. The van der Waals surface area contributed by atoms with Crippen LogP contribution in [-0.4, -0.2) is 7.11 Å². The van der Waals surface area contributed by atoms with Crippen LogP contribution < -0.4 is 5.32 Å². The van der Waals surface area contributed by atoms with E-state index in [0.717, 1.165) is 16.8 Å². The number of hydrogen-bond acceptors (Lipinski definition) is 2. The van der Waals surface area contributed by atoms with Crippen molar-refractivity contribution >= 4 is 17.3 Å². The topological polar surface area (TPSA) is 21.3 Å². The molecular formula is C15H15ClFNO. The van der Waals surface area contributed by atoms with Crippen molar-refractivity contribution in [2.75, 3.05) is 12.4 Å². The molecule has 0 saturated heterocycles. The Morgan fingerprint density at radius 1 is 1.16 bits per heavy atom. The lowest BCUT2D eigenvalue weighted by Crippen LogP contribution is -2.03. The number of hydrogen-bond donors (Lipinski definition) is 1. The van der Waals surface area contributed by atoms with Crippen molar-refractivity contribution in [2.45, 2.75) is 13.2 Å². The summed E-state index contributed by atoms with van der Waals surface area (Å²) in [5, 5.41) is 3.34. The standard InChI is InChI=1S/C15H15ClFNO/c1-19-10-12-5-3-2-4-11(12)9-18-13-6-7-15(17)14(16)8-13/h2-8,18H,9-10H2,1H3. The summed E-state index contributed by atoms with van der Waals surface area (Å²) in [7, 11) is 1.67. The van der Waals surface area contributed by atoms with E-state index >= 15 is 0 Å². The molecule has 0 aliphatic rings. The highest BCUT2D eigenvalue weighted by molar-refractivity contribution is 6.31. The highest BCUT2D eigenvalue weighted by atomic mass is 35.5. The van der Waals surface area contributed by atoms with Crippen molar-refractivity contribution in [3.63, 3.8) is 0 Å². The third-order valence-corrected chi connectivity index (χ3v) is 3.11. The molecule has 4 heteroatoms. The first-order chi connectivity index (χ1) is 9.20. The quantitative estimate of drug-likeness (QED) is 0.884. The van der Waals surface area contributed by atoms with Crippen LogP contribution in [-0.2, 0) is 17.9 Å². The molecule has 0 unspecified atom stereocenters. The summed E-state index contributed by atoms with van der Waals surface area (Å²) >= 11 is 5.74. The van der Waals surface area contributed by atoms with Gasteiger partial charge in [-0.05, 0) is 29.3 Å². The smallest absolute Gasteiger partial charge is 0.141 e. The Kier molecular flexibility index (Phi) is 4.77. The largest absolute Gasteiger partial charge is 0.381 e. The predicted molar refractivity (Wildman–Crippen MR) is 75.9 cm³/mol. The zero-order valence-electron chi connectivity index (χ0n) is 10.6. The highest BCUT2D eigenvalue weighted by Gasteiger charge is 2.03. The maximum Gasteiger partial charge on any atom is 0.141 e. The Balaban J connectivity index is 2.07. The van der Waals surface area contributed by atoms with E-state index < -0.39 is 5.82 Å². The average Bonchev–Trinajstić information content (AvgIpc) is 2.42. The minimum absolute atomic E-state index is 0.121. The summed E-state index contributed by atoms with van der Waals surface area (Å²) in [6.45, 7) is 1.21. The predicted octanol–water partition coefficient (Wildman–Crippen LogP) is 4.24. The molecule has 0 aliphatic heterocycles. The monoisotopic (exact) mass is 279 g/mol. The molecule has 2 rings (SSSR count). The second-order valence-corrected chi connectivity index (χ2v) is 4.59. The third-order valence-electron chi connectivity index (χ3n) is 2.82. The third kappa shape index (κ3) is 3.69. The fourth-order valence-electron chi connectivity index (χ4n) is 1.83. The van der Waals surface area contributed by atoms with Crippen LogP contribution in [0.3, 0.4) is 0 Å². The van der Waals surface area contributed by atoms with Gasteiger partial charge < -0.3 is 10.1 Å². The molecule has 2 nitrogen and oxygen atoms in total. The lowest BCUT2D eigenvalue weighted by molar-refractivity contribution is 0.184. The van der Waals surface area contributed by atoms with E-state index in [1.165, 1.54) is 6.07 Å². The number of nitrogens with one attached hydrogen (secondary N) is 1. The van der Waals surface area contributed by atoms with Crippen molar-refractivity contribution in [3.05, 3.63) is 64.4 Å². The summed E-state index contributed by atoms with van der Waals surface area (Å²) in [5.74, 6) is -0.410. The summed E-state index contributed by atoms with van der Waals surface area (Å²) < 4.78 is 18.2. The number of rotatable bonds is 5. The minimum Gasteiger partial charge on any atom is -0.381 e. The first kappa shape index (κ1) is 13.8. The molecule has 19 heavy (non-hydrogen) atoms. The van der Waals surface area contributed by atoms with Gasteiger partial charge >= 0.3 is 0 Å². The van der Waals surface area contributed by atoms with Crippen LogP contribution in [0.25, 0.3) is 0 Å². The van der Waals surface area contributed by atoms with E-state index in [2.05, 4.69) is 5.32 Å².